The van der Waals surface area contributed by atoms with Crippen LogP contribution in [0, 0.1) is 0 Å². The van der Waals surface area contributed by atoms with Gasteiger partial charge in [-0.25, -0.2) is 0 Å². The molecule has 26 heavy (non-hydrogen) atoms. The Morgan fingerprint density at radius 3 is 2.27 bits per heavy atom. The summed E-state index contributed by atoms with van der Waals surface area (Å²) in [5, 5.41) is 3.85. The molecule has 0 spiro atoms. The van der Waals surface area contributed by atoms with Crippen molar-refractivity contribution in [1.29, 1.82) is 0 Å². The molecule has 1 N–H and O–H groups in total. The van der Waals surface area contributed by atoms with Crippen molar-refractivity contribution in [2.45, 2.75) is 44.9 Å². The van der Waals surface area contributed by atoms with Crippen LogP contribution in [0.1, 0.15) is 32.4 Å². The lowest BCUT2D eigenvalue weighted by molar-refractivity contribution is 0.471. The quantitative estimate of drug-likeness (QED) is 0.749. The van der Waals surface area contributed by atoms with E-state index in [1.165, 1.54) is 11.3 Å². The van der Waals surface area contributed by atoms with Gasteiger partial charge in [0.25, 0.3) is 0 Å². The van der Waals surface area contributed by atoms with Gasteiger partial charge in [0, 0.05) is 31.4 Å². The van der Waals surface area contributed by atoms with Crippen LogP contribution in [-0.4, -0.2) is 28.0 Å². The van der Waals surface area contributed by atoms with Crippen molar-refractivity contribution < 1.29 is 4.43 Å². The van der Waals surface area contributed by atoms with E-state index in [1.54, 1.807) is 0 Å². The molecule has 3 nitrogen and oxygen atoms in total. The number of hydrogen-bond donors (Lipinski definition) is 1. The normalized spacial score (nSPS) is 18.7. The molecule has 0 aromatic heterocycles. The van der Waals surface area contributed by atoms with Gasteiger partial charge in [-0.2, -0.15) is 0 Å². The highest BCUT2D eigenvalue weighted by Crippen LogP contribution is 2.37. The minimum Gasteiger partial charge on any atom is -0.544 e. The third-order valence-electron chi connectivity index (χ3n) is 5.76. The fourth-order valence-corrected chi connectivity index (χ4v) is 4.10. The zero-order chi connectivity index (χ0) is 18.8. The van der Waals surface area contributed by atoms with E-state index >= 15 is 0 Å². The molecule has 0 aliphatic carbocycles. The van der Waals surface area contributed by atoms with Gasteiger partial charge in [0.2, 0.25) is 8.32 Å². The van der Waals surface area contributed by atoms with Crippen LogP contribution in [0.2, 0.25) is 18.1 Å². The van der Waals surface area contributed by atoms with E-state index in [9.17, 15) is 0 Å². The fourth-order valence-electron chi connectivity index (χ4n) is 3.07. The third-order valence-corrected chi connectivity index (χ3v) is 10.1. The smallest absolute Gasteiger partial charge is 0.250 e. The van der Waals surface area contributed by atoms with Crippen molar-refractivity contribution in [3.05, 3.63) is 60.2 Å². The molecule has 1 heterocycles. The standard InChI is InChI=1S/C22H32N2OSi/c1-22(2,3)26(4,5)25-20-13-11-19(12-14-20)24-16-15-23-21(17-24)18-9-7-6-8-10-18/h6-14,21,23H,15-17H2,1-5H3/t21-/m1/s1. The number of benzene rings is 2. The van der Waals surface area contributed by atoms with Gasteiger partial charge >= 0.3 is 0 Å². The summed E-state index contributed by atoms with van der Waals surface area (Å²) in [6.45, 7) is 14.4. The lowest BCUT2D eigenvalue weighted by Gasteiger charge is -2.37. The SMILES string of the molecule is CC(C)(C)[Si](C)(C)Oc1ccc(N2CCN[C@@H](c3ccccc3)C2)cc1. The molecular weight excluding hydrogens is 336 g/mol. The molecule has 1 aliphatic heterocycles. The van der Waals surface area contributed by atoms with Crippen LogP contribution in [0.25, 0.3) is 0 Å². The molecule has 4 heteroatoms. The molecular formula is C22H32N2OSi. The highest BCUT2D eigenvalue weighted by Gasteiger charge is 2.38. The molecule has 0 amide bonds. The maximum atomic E-state index is 6.41. The van der Waals surface area contributed by atoms with E-state index in [-0.39, 0.29) is 5.04 Å². The van der Waals surface area contributed by atoms with Gasteiger partial charge in [-0.15, -0.1) is 0 Å². The van der Waals surface area contributed by atoms with Gasteiger partial charge in [-0.3, -0.25) is 0 Å². The minimum absolute atomic E-state index is 0.215. The summed E-state index contributed by atoms with van der Waals surface area (Å²) in [4.78, 5) is 2.46. The molecule has 0 saturated carbocycles. The molecule has 0 unspecified atom stereocenters. The first kappa shape index (κ1) is 19.0. The van der Waals surface area contributed by atoms with E-state index < -0.39 is 8.32 Å². The Hall–Kier alpha value is -1.78. The highest BCUT2D eigenvalue weighted by atomic mass is 28.4. The molecule has 140 valence electrons. The monoisotopic (exact) mass is 368 g/mol. The first-order valence-electron chi connectivity index (χ1n) is 9.59. The van der Waals surface area contributed by atoms with Crippen molar-refractivity contribution in [2.24, 2.45) is 0 Å². The number of anilines is 1. The molecule has 0 radical (unpaired) electrons. The van der Waals surface area contributed by atoms with Crippen LogP contribution in [0.4, 0.5) is 5.69 Å². The summed E-state index contributed by atoms with van der Waals surface area (Å²) in [5.41, 5.74) is 2.63. The molecule has 3 rings (SSSR count). The predicted octanol–water partition coefficient (Wildman–Crippen LogP) is 5.22. The zero-order valence-electron chi connectivity index (χ0n) is 16.8. The average Bonchev–Trinajstić information content (AvgIpc) is 2.62. The van der Waals surface area contributed by atoms with Gasteiger partial charge in [-0.05, 0) is 48.0 Å². The number of hydrogen-bond acceptors (Lipinski definition) is 3. The summed E-state index contributed by atoms with van der Waals surface area (Å²) in [5.74, 6) is 0.995. The molecule has 2 aromatic carbocycles. The Labute approximate surface area is 159 Å². The van der Waals surface area contributed by atoms with Crippen molar-refractivity contribution in [3.8, 4) is 5.75 Å². The second kappa shape index (κ2) is 7.45. The van der Waals surface area contributed by atoms with E-state index in [0.29, 0.717) is 6.04 Å². The molecule has 1 atom stereocenters. The zero-order valence-corrected chi connectivity index (χ0v) is 17.8. The third kappa shape index (κ3) is 4.30. The van der Waals surface area contributed by atoms with Crippen LogP contribution in [0.3, 0.4) is 0 Å². The van der Waals surface area contributed by atoms with E-state index in [4.69, 9.17) is 4.43 Å². The van der Waals surface area contributed by atoms with Crippen LogP contribution in [0.15, 0.2) is 54.6 Å². The van der Waals surface area contributed by atoms with Gasteiger partial charge in [0.1, 0.15) is 5.75 Å². The number of rotatable bonds is 4. The summed E-state index contributed by atoms with van der Waals surface area (Å²) in [6.07, 6.45) is 0. The first-order valence-corrected chi connectivity index (χ1v) is 12.5. The Morgan fingerprint density at radius 1 is 1.00 bits per heavy atom. The van der Waals surface area contributed by atoms with Crippen LogP contribution in [-0.2, 0) is 0 Å². The molecule has 1 fully saturated rings. The summed E-state index contributed by atoms with van der Waals surface area (Å²) in [7, 11) is -1.78. The van der Waals surface area contributed by atoms with E-state index in [2.05, 4.69) is 98.7 Å². The Balaban J connectivity index is 1.68. The second-order valence-electron chi connectivity index (χ2n) is 8.72. The second-order valence-corrected chi connectivity index (χ2v) is 13.4. The maximum absolute atomic E-state index is 6.41. The summed E-state index contributed by atoms with van der Waals surface area (Å²) < 4.78 is 6.41. The summed E-state index contributed by atoms with van der Waals surface area (Å²) >= 11 is 0. The lowest BCUT2D eigenvalue weighted by atomic mass is 10.0. The fraction of sp³-hybridized carbons (Fsp3) is 0.455. The lowest BCUT2D eigenvalue weighted by Crippen LogP contribution is -2.46. The molecule has 2 aromatic rings. The predicted molar refractivity (Wildman–Crippen MR) is 114 cm³/mol. The molecule has 0 bridgehead atoms. The largest absolute Gasteiger partial charge is 0.544 e. The van der Waals surface area contributed by atoms with Crippen molar-refractivity contribution >= 4 is 14.0 Å². The van der Waals surface area contributed by atoms with E-state index in [1.807, 2.05) is 0 Å². The Kier molecular flexibility index (Phi) is 5.44. The van der Waals surface area contributed by atoms with Crippen molar-refractivity contribution in [2.75, 3.05) is 24.5 Å². The maximum Gasteiger partial charge on any atom is 0.250 e. The van der Waals surface area contributed by atoms with Crippen LogP contribution in [0.5, 0.6) is 5.75 Å². The van der Waals surface area contributed by atoms with Crippen LogP contribution < -0.4 is 14.6 Å². The Bertz CT molecular complexity index is 707. The van der Waals surface area contributed by atoms with Crippen molar-refractivity contribution in [1.82, 2.24) is 5.32 Å². The minimum atomic E-state index is -1.78. The van der Waals surface area contributed by atoms with Crippen LogP contribution >= 0.6 is 0 Å². The average molecular weight is 369 g/mol. The van der Waals surface area contributed by atoms with Crippen molar-refractivity contribution in [3.63, 3.8) is 0 Å². The first-order chi connectivity index (χ1) is 12.3. The van der Waals surface area contributed by atoms with Gasteiger partial charge in [-0.1, -0.05) is 51.1 Å². The highest BCUT2D eigenvalue weighted by molar-refractivity contribution is 6.74. The van der Waals surface area contributed by atoms with Gasteiger partial charge in [0.05, 0.1) is 0 Å². The topological polar surface area (TPSA) is 24.5 Å². The summed E-state index contributed by atoms with van der Waals surface area (Å²) in [6, 6.07) is 19.8. The van der Waals surface area contributed by atoms with E-state index in [0.717, 1.165) is 25.4 Å². The van der Waals surface area contributed by atoms with Gasteiger partial charge < -0.3 is 14.6 Å². The van der Waals surface area contributed by atoms with Gasteiger partial charge in [0.15, 0.2) is 0 Å². The number of nitrogens with one attached hydrogen (secondary N) is 1. The number of piperazine rings is 1. The number of nitrogens with zero attached hydrogens (tertiary/aromatic N) is 1. The molecule has 1 saturated heterocycles. The molecule has 1 aliphatic rings. The Morgan fingerprint density at radius 2 is 1.65 bits per heavy atom.